The summed E-state index contributed by atoms with van der Waals surface area (Å²) in [4.78, 5) is 14.7. The molecule has 4 nitrogen and oxygen atoms in total. The van der Waals surface area contributed by atoms with Gasteiger partial charge in [0.25, 0.3) is 0 Å². The number of hydrogen-bond acceptors (Lipinski definition) is 3. The van der Waals surface area contributed by atoms with Crippen LogP contribution in [0.5, 0.6) is 0 Å². The van der Waals surface area contributed by atoms with Crippen molar-refractivity contribution < 1.29 is 13.9 Å². The van der Waals surface area contributed by atoms with Gasteiger partial charge in [-0.3, -0.25) is 4.79 Å². The molecule has 1 aliphatic rings. The van der Waals surface area contributed by atoms with Crippen molar-refractivity contribution >= 4 is 17.3 Å². The lowest BCUT2D eigenvalue weighted by Crippen LogP contribution is -2.26. The molecular formula is C25H33FN2O2. The standard InChI is InChI=1S/C25H33FN2O2/c1-17-14-21(15-18(2)24(17)27-23(29)16-25(3,4)5)28-11-10-22(30-13-12-28)19-6-8-20(26)9-7-19/h6-9,14-15,22H,10-13,16H2,1-5H3,(H,27,29). The van der Waals surface area contributed by atoms with Crippen molar-refractivity contribution in [2.45, 2.75) is 53.6 Å². The van der Waals surface area contributed by atoms with Crippen LogP contribution in [0.1, 0.15) is 56.4 Å². The Kier molecular flexibility index (Phi) is 6.81. The molecule has 2 aromatic rings. The summed E-state index contributed by atoms with van der Waals surface area (Å²) in [5, 5.41) is 3.10. The predicted octanol–water partition coefficient (Wildman–Crippen LogP) is 5.79. The molecule has 1 atom stereocenters. The number of nitrogens with zero attached hydrogens (tertiary/aromatic N) is 1. The molecule has 1 N–H and O–H groups in total. The van der Waals surface area contributed by atoms with Gasteiger partial charge in [0.05, 0.1) is 12.7 Å². The van der Waals surface area contributed by atoms with Gasteiger partial charge in [0.15, 0.2) is 0 Å². The number of nitrogens with one attached hydrogen (secondary N) is 1. The fourth-order valence-electron chi connectivity index (χ4n) is 3.96. The Bertz CT molecular complexity index is 864. The number of anilines is 2. The first-order valence-electron chi connectivity index (χ1n) is 10.7. The first kappa shape index (κ1) is 22.3. The normalized spacial score (nSPS) is 17.5. The van der Waals surface area contributed by atoms with Crippen LogP contribution in [0.3, 0.4) is 0 Å². The number of halogens is 1. The number of aryl methyl sites for hydroxylation is 2. The molecule has 1 unspecified atom stereocenters. The molecule has 0 radical (unpaired) electrons. The highest BCUT2D eigenvalue weighted by Gasteiger charge is 2.21. The van der Waals surface area contributed by atoms with Crippen LogP contribution in [0.15, 0.2) is 36.4 Å². The highest BCUT2D eigenvalue weighted by atomic mass is 19.1. The van der Waals surface area contributed by atoms with Gasteiger partial charge < -0.3 is 15.0 Å². The van der Waals surface area contributed by atoms with Crippen LogP contribution in [-0.2, 0) is 9.53 Å². The van der Waals surface area contributed by atoms with E-state index in [1.54, 1.807) is 12.1 Å². The highest BCUT2D eigenvalue weighted by molar-refractivity contribution is 5.93. The largest absolute Gasteiger partial charge is 0.372 e. The molecule has 1 heterocycles. The molecule has 1 aliphatic heterocycles. The Morgan fingerprint density at radius 1 is 1.13 bits per heavy atom. The van der Waals surface area contributed by atoms with Gasteiger partial charge in [-0.2, -0.15) is 0 Å². The van der Waals surface area contributed by atoms with Crippen LogP contribution < -0.4 is 10.2 Å². The second-order valence-corrected chi connectivity index (χ2v) is 9.43. The molecular weight excluding hydrogens is 379 g/mol. The number of ether oxygens (including phenoxy) is 1. The van der Waals surface area contributed by atoms with Gasteiger partial charge in [-0.15, -0.1) is 0 Å². The third-order valence-electron chi connectivity index (χ3n) is 5.42. The molecule has 0 aliphatic carbocycles. The number of hydrogen-bond donors (Lipinski definition) is 1. The molecule has 3 rings (SSSR count). The average molecular weight is 413 g/mol. The van der Waals surface area contributed by atoms with Gasteiger partial charge in [-0.05, 0) is 66.6 Å². The fourth-order valence-corrected chi connectivity index (χ4v) is 3.96. The minimum absolute atomic E-state index is 0.0197. The minimum Gasteiger partial charge on any atom is -0.372 e. The van der Waals surface area contributed by atoms with Crippen molar-refractivity contribution in [3.8, 4) is 0 Å². The zero-order valence-electron chi connectivity index (χ0n) is 18.7. The SMILES string of the molecule is Cc1cc(N2CCOC(c3ccc(F)cc3)CC2)cc(C)c1NC(=O)CC(C)(C)C. The van der Waals surface area contributed by atoms with Gasteiger partial charge in [-0.1, -0.05) is 32.9 Å². The third-order valence-corrected chi connectivity index (χ3v) is 5.42. The zero-order valence-corrected chi connectivity index (χ0v) is 18.7. The van der Waals surface area contributed by atoms with Crippen LogP contribution in [0, 0.1) is 25.1 Å². The Balaban J connectivity index is 1.70. The maximum Gasteiger partial charge on any atom is 0.224 e. The van der Waals surface area contributed by atoms with Crippen LogP contribution in [0.25, 0.3) is 0 Å². The van der Waals surface area contributed by atoms with Gasteiger partial charge in [0, 0.05) is 30.9 Å². The topological polar surface area (TPSA) is 41.6 Å². The summed E-state index contributed by atoms with van der Waals surface area (Å²) in [5.41, 5.74) is 5.15. The smallest absolute Gasteiger partial charge is 0.224 e. The monoisotopic (exact) mass is 412 g/mol. The van der Waals surface area contributed by atoms with Gasteiger partial charge >= 0.3 is 0 Å². The summed E-state index contributed by atoms with van der Waals surface area (Å²) in [6.45, 7) is 12.5. The Morgan fingerprint density at radius 3 is 2.37 bits per heavy atom. The molecule has 162 valence electrons. The van der Waals surface area contributed by atoms with Gasteiger partial charge in [0.1, 0.15) is 5.82 Å². The van der Waals surface area contributed by atoms with E-state index in [9.17, 15) is 9.18 Å². The van der Waals surface area contributed by atoms with E-state index in [2.05, 4.69) is 43.1 Å². The molecule has 1 amide bonds. The van der Waals surface area contributed by atoms with E-state index in [1.807, 2.05) is 13.8 Å². The van der Waals surface area contributed by atoms with Crippen molar-refractivity contribution in [2.75, 3.05) is 29.9 Å². The predicted molar refractivity (Wildman–Crippen MR) is 121 cm³/mol. The number of carbonyl (C=O) groups is 1. The number of carbonyl (C=O) groups excluding carboxylic acids is 1. The molecule has 0 aromatic heterocycles. The lowest BCUT2D eigenvalue weighted by Gasteiger charge is -2.25. The number of rotatable bonds is 4. The van der Waals surface area contributed by atoms with Crippen LogP contribution >= 0.6 is 0 Å². The van der Waals surface area contributed by atoms with E-state index < -0.39 is 0 Å². The molecule has 30 heavy (non-hydrogen) atoms. The van der Waals surface area contributed by atoms with E-state index in [-0.39, 0.29) is 23.2 Å². The third kappa shape index (κ3) is 5.82. The highest BCUT2D eigenvalue weighted by Crippen LogP contribution is 2.31. The Labute approximate surface area is 179 Å². The first-order valence-corrected chi connectivity index (χ1v) is 10.7. The van der Waals surface area contributed by atoms with Crippen molar-refractivity contribution in [3.05, 3.63) is 58.9 Å². The van der Waals surface area contributed by atoms with Crippen LogP contribution in [-0.4, -0.2) is 25.6 Å². The second kappa shape index (κ2) is 9.17. The van der Waals surface area contributed by atoms with Crippen molar-refractivity contribution in [3.63, 3.8) is 0 Å². The van der Waals surface area contributed by atoms with Crippen LogP contribution in [0.4, 0.5) is 15.8 Å². The van der Waals surface area contributed by atoms with Crippen LogP contribution in [0.2, 0.25) is 0 Å². The number of amides is 1. The van der Waals surface area contributed by atoms with E-state index >= 15 is 0 Å². The molecule has 5 heteroatoms. The lowest BCUT2D eigenvalue weighted by molar-refractivity contribution is -0.117. The molecule has 1 fully saturated rings. The van der Waals surface area contributed by atoms with E-state index in [1.165, 1.54) is 12.1 Å². The summed E-state index contributed by atoms with van der Waals surface area (Å²) in [6, 6.07) is 10.9. The maximum absolute atomic E-state index is 13.2. The molecule has 0 bridgehead atoms. The van der Waals surface area contributed by atoms with Crippen molar-refractivity contribution in [1.82, 2.24) is 0 Å². The molecule has 1 saturated heterocycles. The molecule has 0 saturated carbocycles. The van der Waals surface area contributed by atoms with E-state index in [0.29, 0.717) is 13.0 Å². The summed E-state index contributed by atoms with van der Waals surface area (Å²) in [7, 11) is 0. The summed E-state index contributed by atoms with van der Waals surface area (Å²) in [5.74, 6) is -0.179. The summed E-state index contributed by atoms with van der Waals surface area (Å²) < 4.78 is 19.3. The summed E-state index contributed by atoms with van der Waals surface area (Å²) in [6.07, 6.45) is 1.31. The zero-order chi connectivity index (χ0) is 21.9. The summed E-state index contributed by atoms with van der Waals surface area (Å²) >= 11 is 0. The average Bonchev–Trinajstić information content (AvgIpc) is 2.90. The van der Waals surface area contributed by atoms with Gasteiger partial charge in [0.2, 0.25) is 5.91 Å². The number of benzene rings is 2. The fraction of sp³-hybridized carbons (Fsp3) is 0.480. The maximum atomic E-state index is 13.2. The lowest BCUT2D eigenvalue weighted by atomic mass is 9.92. The van der Waals surface area contributed by atoms with E-state index in [4.69, 9.17) is 4.74 Å². The van der Waals surface area contributed by atoms with Crippen molar-refractivity contribution in [1.29, 1.82) is 0 Å². The molecule has 2 aromatic carbocycles. The van der Waals surface area contributed by atoms with Crippen molar-refractivity contribution in [2.24, 2.45) is 5.41 Å². The van der Waals surface area contributed by atoms with Gasteiger partial charge in [-0.25, -0.2) is 4.39 Å². The second-order valence-electron chi connectivity index (χ2n) is 9.43. The first-order chi connectivity index (χ1) is 14.1. The quantitative estimate of drug-likeness (QED) is 0.691. The Morgan fingerprint density at radius 2 is 1.77 bits per heavy atom. The Hall–Kier alpha value is -2.40. The van der Waals surface area contributed by atoms with E-state index in [0.717, 1.165) is 47.6 Å². The minimum atomic E-state index is -0.227. The molecule has 0 spiro atoms.